The van der Waals surface area contributed by atoms with Gasteiger partial charge in [-0.3, -0.25) is 0 Å². The predicted octanol–water partition coefficient (Wildman–Crippen LogP) is 2.79. The van der Waals surface area contributed by atoms with Gasteiger partial charge in [-0.05, 0) is 39.0 Å². The van der Waals surface area contributed by atoms with Crippen LogP contribution in [0.5, 0.6) is 0 Å². The number of piperidine rings is 1. The summed E-state index contributed by atoms with van der Waals surface area (Å²) in [5, 5.41) is 7.87. The van der Waals surface area contributed by atoms with Crippen molar-refractivity contribution in [3.63, 3.8) is 0 Å². The van der Waals surface area contributed by atoms with E-state index >= 15 is 0 Å². The topological polar surface area (TPSA) is 52.6 Å². The molecule has 1 aromatic rings. The number of aromatic nitrogens is 1. The van der Waals surface area contributed by atoms with Gasteiger partial charge in [-0.1, -0.05) is 13.8 Å². The van der Waals surface area contributed by atoms with Gasteiger partial charge in [0.2, 0.25) is 0 Å². The van der Waals surface area contributed by atoms with Gasteiger partial charge in [-0.15, -0.1) is 11.3 Å². The first-order chi connectivity index (χ1) is 11.5. The molecule has 0 saturated carbocycles. The first-order valence-electron chi connectivity index (χ1n) is 9.15. The fraction of sp³-hybridized carbons (Fsp3) is 0.778. The molecule has 5 nitrogen and oxygen atoms in total. The van der Waals surface area contributed by atoms with E-state index in [1.165, 1.54) is 24.4 Å². The SMILES string of the molecule is CCNC(=NCc1nc(C)c(C)s1)NCCN1CC(C)CC(C)C1. The zero-order chi connectivity index (χ0) is 17.5. The number of nitrogens with one attached hydrogen (secondary N) is 2. The van der Waals surface area contributed by atoms with E-state index in [1.807, 2.05) is 0 Å². The van der Waals surface area contributed by atoms with Gasteiger partial charge in [0, 0.05) is 37.6 Å². The highest BCUT2D eigenvalue weighted by molar-refractivity contribution is 7.11. The maximum Gasteiger partial charge on any atom is 0.191 e. The first kappa shape index (κ1) is 19.2. The summed E-state index contributed by atoms with van der Waals surface area (Å²) in [4.78, 5) is 13.1. The Morgan fingerprint density at radius 1 is 1.25 bits per heavy atom. The molecule has 1 aliphatic rings. The van der Waals surface area contributed by atoms with Crippen molar-refractivity contribution in [3.05, 3.63) is 15.6 Å². The standard InChI is InChI=1S/C18H33N5S/c1-6-19-18(21-10-17-22-15(4)16(5)24-17)20-7-8-23-11-13(2)9-14(3)12-23/h13-14H,6-12H2,1-5H3,(H2,19,20,21). The minimum Gasteiger partial charge on any atom is -0.357 e. The van der Waals surface area contributed by atoms with Crippen LogP contribution in [0.25, 0.3) is 0 Å². The van der Waals surface area contributed by atoms with E-state index in [0.29, 0.717) is 6.54 Å². The highest BCUT2D eigenvalue weighted by atomic mass is 32.1. The van der Waals surface area contributed by atoms with Gasteiger partial charge >= 0.3 is 0 Å². The average Bonchev–Trinajstić information content (AvgIpc) is 2.82. The minimum absolute atomic E-state index is 0.645. The molecule has 0 spiro atoms. The lowest BCUT2D eigenvalue weighted by atomic mass is 9.92. The Morgan fingerprint density at radius 2 is 1.96 bits per heavy atom. The smallest absolute Gasteiger partial charge is 0.191 e. The number of guanidine groups is 1. The van der Waals surface area contributed by atoms with Gasteiger partial charge in [-0.2, -0.15) is 0 Å². The van der Waals surface area contributed by atoms with Crippen LogP contribution in [0.4, 0.5) is 0 Å². The average molecular weight is 352 g/mol. The third kappa shape index (κ3) is 6.06. The van der Waals surface area contributed by atoms with Crippen molar-refractivity contribution >= 4 is 17.3 Å². The van der Waals surface area contributed by atoms with Crippen molar-refractivity contribution in [2.45, 2.75) is 47.6 Å². The Bertz CT molecular complexity index is 510. The second-order valence-corrected chi connectivity index (χ2v) is 8.36. The lowest BCUT2D eigenvalue weighted by Gasteiger charge is -2.35. The van der Waals surface area contributed by atoms with E-state index in [4.69, 9.17) is 0 Å². The lowest BCUT2D eigenvalue weighted by molar-refractivity contribution is 0.143. The van der Waals surface area contributed by atoms with Gasteiger partial charge in [0.05, 0.1) is 12.2 Å². The zero-order valence-corrected chi connectivity index (χ0v) is 16.7. The molecule has 2 atom stereocenters. The highest BCUT2D eigenvalue weighted by Crippen LogP contribution is 2.20. The second kappa shape index (κ2) is 9.37. The first-order valence-corrected chi connectivity index (χ1v) is 9.97. The molecule has 0 amide bonds. The third-order valence-electron chi connectivity index (χ3n) is 4.45. The number of nitrogens with zero attached hydrogens (tertiary/aromatic N) is 3. The Labute approximate surface area is 151 Å². The fourth-order valence-electron chi connectivity index (χ4n) is 3.40. The predicted molar refractivity (Wildman–Crippen MR) is 104 cm³/mol. The van der Waals surface area contributed by atoms with E-state index < -0.39 is 0 Å². The summed E-state index contributed by atoms with van der Waals surface area (Å²) in [6, 6.07) is 0. The summed E-state index contributed by atoms with van der Waals surface area (Å²) in [5.74, 6) is 2.51. The molecule has 6 heteroatoms. The van der Waals surface area contributed by atoms with Gasteiger partial charge in [0.1, 0.15) is 5.01 Å². The van der Waals surface area contributed by atoms with Gasteiger partial charge in [0.15, 0.2) is 5.96 Å². The van der Waals surface area contributed by atoms with Gasteiger partial charge in [-0.25, -0.2) is 9.98 Å². The monoisotopic (exact) mass is 351 g/mol. The van der Waals surface area contributed by atoms with Crippen molar-refractivity contribution in [1.82, 2.24) is 20.5 Å². The molecule has 0 aliphatic carbocycles. The van der Waals surface area contributed by atoms with Crippen molar-refractivity contribution in [2.75, 3.05) is 32.7 Å². The van der Waals surface area contributed by atoms with Crippen LogP contribution in [-0.4, -0.2) is 48.6 Å². The Hall–Kier alpha value is -1.14. The summed E-state index contributed by atoms with van der Waals surface area (Å²) >= 11 is 1.74. The summed E-state index contributed by atoms with van der Waals surface area (Å²) in [6.07, 6.45) is 1.36. The summed E-state index contributed by atoms with van der Waals surface area (Å²) in [6.45, 7) is 17.0. The van der Waals surface area contributed by atoms with Gasteiger partial charge in [0.25, 0.3) is 0 Å². The minimum atomic E-state index is 0.645. The molecule has 2 N–H and O–H groups in total. The van der Waals surface area contributed by atoms with E-state index in [-0.39, 0.29) is 0 Å². The molecule has 2 heterocycles. The van der Waals surface area contributed by atoms with Crippen LogP contribution in [-0.2, 0) is 6.54 Å². The molecule has 24 heavy (non-hydrogen) atoms. The van der Waals surface area contributed by atoms with E-state index in [9.17, 15) is 0 Å². The van der Waals surface area contributed by atoms with Crippen LogP contribution in [0.2, 0.25) is 0 Å². The van der Waals surface area contributed by atoms with Gasteiger partial charge < -0.3 is 15.5 Å². The fourth-order valence-corrected chi connectivity index (χ4v) is 4.26. The summed E-state index contributed by atoms with van der Waals surface area (Å²) in [5.41, 5.74) is 1.12. The third-order valence-corrected chi connectivity index (χ3v) is 5.51. The van der Waals surface area contributed by atoms with Crippen molar-refractivity contribution in [3.8, 4) is 0 Å². The zero-order valence-electron chi connectivity index (χ0n) is 15.9. The van der Waals surface area contributed by atoms with Crippen molar-refractivity contribution < 1.29 is 0 Å². The quantitative estimate of drug-likeness (QED) is 0.611. The van der Waals surface area contributed by atoms with Crippen LogP contribution in [0.3, 0.4) is 0 Å². The number of aliphatic imine (C=N–C) groups is 1. The molecular formula is C18H33N5S. The molecule has 0 bridgehead atoms. The molecule has 2 unspecified atom stereocenters. The largest absolute Gasteiger partial charge is 0.357 e. The summed E-state index contributed by atoms with van der Waals surface area (Å²) in [7, 11) is 0. The Balaban J connectivity index is 1.81. The molecule has 136 valence electrons. The van der Waals surface area contributed by atoms with E-state index in [2.05, 4.69) is 60.1 Å². The number of aryl methyl sites for hydroxylation is 2. The number of hydrogen-bond acceptors (Lipinski definition) is 4. The molecule has 2 rings (SSSR count). The Kier molecular flexibility index (Phi) is 7.49. The van der Waals surface area contributed by atoms with Crippen LogP contribution in [0.15, 0.2) is 4.99 Å². The number of likely N-dealkylation sites (tertiary alicyclic amines) is 1. The van der Waals surface area contributed by atoms with E-state index in [0.717, 1.165) is 48.1 Å². The molecule has 1 fully saturated rings. The lowest BCUT2D eigenvalue weighted by Crippen LogP contribution is -2.45. The molecule has 1 aliphatic heterocycles. The maximum absolute atomic E-state index is 4.67. The van der Waals surface area contributed by atoms with Crippen LogP contribution >= 0.6 is 11.3 Å². The molecular weight excluding hydrogens is 318 g/mol. The molecule has 0 radical (unpaired) electrons. The Morgan fingerprint density at radius 3 is 2.54 bits per heavy atom. The molecule has 1 aromatic heterocycles. The summed E-state index contributed by atoms with van der Waals surface area (Å²) < 4.78 is 0. The number of thiazole rings is 1. The van der Waals surface area contributed by atoms with Crippen LogP contribution < -0.4 is 10.6 Å². The van der Waals surface area contributed by atoms with Crippen LogP contribution in [0, 0.1) is 25.7 Å². The molecule has 1 saturated heterocycles. The molecule has 0 aromatic carbocycles. The van der Waals surface area contributed by atoms with Crippen molar-refractivity contribution in [1.29, 1.82) is 0 Å². The second-order valence-electron chi connectivity index (χ2n) is 7.08. The van der Waals surface area contributed by atoms with Crippen LogP contribution in [0.1, 0.15) is 42.8 Å². The normalized spacial score (nSPS) is 22.6. The number of rotatable bonds is 6. The van der Waals surface area contributed by atoms with Crippen molar-refractivity contribution in [2.24, 2.45) is 16.8 Å². The van der Waals surface area contributed by atoms with E-state index in [1.54, 1.807) is 11.3 Å². The number of hydrogen-bond donors (Lipinski definition) is 2. The maximum atomic E-state index is 4.67. The highest BCUT2D eigenvalue weighted by Gasteiger charge is 2.21.